The van der Waals surface area contributed by atoms with Crippen molar-refractivity contribution in [3.05, 3.63) is 28.3 Å². The highest BCUT2D eigenvalue weighted by atomic mass is 32.1. The highest BCUT2D eigenvalue weighted by molar-refractivity contribution is 7.09. The van der Waals surface area contributed by atoms with Crippen LogP contribution in [0.5, 0.6) is 0 Å². The maximum absolute atomic E-state index is 12.8. The fourth-order valence-electron chi connectivity index (χ4n) is 3.05. The summed E-state index contributed by atoms with van der Waals surface area (Å²) in [6, 6.07) is 1.24. The summed E-state index contributed by atoms with van der Waals surface area (Å²) in [7, 11) is 0. The van der Waals surface area contributed by atoms with Gasteiger partial charge in [0, 0.05) is 23.2 Å². The summed E-state index contributed by atoms with van der Waals surface area (Å²) in [6.07, 6.45) is -1.35. The fourth-order valence-corrected chi connectivity index (χ4v) is 3.67. The average molecular weight is 357 g/mol. The summed E-state index contributed by atoms with van der Waals surface area (Å²) < 4.78 is 38.5. The topological polar surface area (TPSA) is 57.8 Å². The molecule has 24 heavy (non-hydrogen) atoms. The lowest BCUT2D eigenvalue weighted by atomic mass is 9.85. The first-order valence-electron chi connectivity index (χ1n) is 7.81. The van der Waals surface area contributed by atoms with E-state index in [-0.39, 0.29) is 18.7 Å². The first-order valence-corrected chi connectivity index (χ1v) is 8.69. The van der Waals surface area contributed by atoms with E-state index in [2.05, 4.69) is 15.3 Å². The third kappa shape index (κ3) is 3.80. The summed E-state index contributed by atoms with van der Waals surface area (Å²) in [5, 5.41) is 5.55. The van der Waals surface area contributed by atoms with Crippen molar-refractivity contribution in [2.24, 2.45) is 5.92 Å². The van der Waals surface area contributed by atoms with Gasteiger partial charge in [-0.1, -0.05) is 6.42 Å². The zero-order valence-electron chi connectivity index (χ0n) is 13.1. The van der Waals surface area contributed by atoms with E-state index in [9.17, 15) is 18.0 Å². The van der Waals surface area contributed by atoms with Crippen molar-refractivity contribution in [2.45, 2.75) is 44.8 Å². The lowest BCUT2D eigenvalue weighted by molar-refractivity contribution is -0.183. The standard InChI is InChI=1S/C16H18F3N3OS/c1-9-21-14(8-24-9)10-5-13(20-7-10)15(23)22-12-4-2-3-11(6-12)16(17,18)19/h5,7-8,11-12,20H,2-4,6H2,1H3,(H,22,23). The van der Waals surface area contributed by atoms with Crippen LogP contribution in [0.3, 0.4) is 0 Å². The molecule has 2 aromatic rings. The molecule has 0 bridgehead atoms. The minimum atomic E-state index is -4.19. The Labute approximate surface area is 141 Å². The van der Waals surface area contributed by atoms with Crippen LogP contribution in [-0.4, -0.2) is 28.1 Å². The summed E-state index contributed by atoms with van der Waals surface area (Å²) in [5.41, 5.74) is 1.91. The van der Waals surface area contributed by atoms with Crippen molar-refractivity contribution in [3.8, 4) is 11.3 Å². The number of aryl methyl sites for hydroxylation is 1. The normalized spacial score (nSPS) is 21.7. The molecular weight excluding hydrogens is 339 g/mol. The van der Waals surface area contributed by atoms with Crippen LogP contribution in [0.2, 0.25) is 0 Å². The van der Waals surface area contributed by atoms with Crippen molar-refractivity contribution in [1.82, 2.24) is 15.3 Å². The Kier molecular flexibility index (Phi) is 4.67. The molecule has 2 N–H and O–H groups in total. The number of thiazole rings is 1. The molecule has 1 amide bonds. The van der Waals surface area contributed by atoms with Gasteiger partial charge in [-0.3, -0.25) is 4.79 Å². The van der Waals surface area contributed by atoms with Crippen LogP contribution in [0, 0.1) is 12.8 Å². The first kappa shape index (κ1) is 17.0. The van der Waals surface area contributed by atoms with Crippen molar-refractivity contribution in [1.29, 1.82) is 0 Å². The van der Waals surface area contributed by atoms with Gasteiger partial charge in [0.1, 0.15) is 5.69 Å². The number of rotatable bonds is 3. The lowest BCUT2D eigenvalue weighted by Gasteiger charge is -2.30. The molecule has 0 radical (unpaired) electrons. The van der Waals surface area contributed by atoms with Crippen LogP contribution in [0.4, 0.5) is 13.2 Å². The number of amides is 1. The predicted molar refractivity (Wildman–Crippen MR) is 85.9 cm³/mol. The molecule has 4 nitrogen and oxygen atoms in total. The Hall–Kier alpha value is -1.83. The summed E-state index contributed by atoms with van der Waals surface area (Å²) >= 11 is 1.52. The summed E-state index contributed by atoms with van der Waals surface area (Å²) in [6.45, 7) is 1.90. The Morgan fingerprint density at radius 2 is 2.21 bits per heavy atom. The van der Waals surface area contributed by atoms with Crippen LogP contribution in [-0.2, 0) is 0 Å². The molecule has 3 rings (SSSR count). The van der Waals surface area contributed by atoms with Gasteiger partial charge in [0.15, 0.2) is 0 Å². The minimum Gasteiger partial charge on any atom is -0.357 e. The van der Waals surface area contributed by atoms with Crippen LogP contribution < -0.4 is 5.32 Å². The van der Waals surface area contributed by atoms with Gasteiger partial charge in [-0.05, 0) is 32.3 Å². The molecule has 1 aliphatic rings. The van der Waals surface area contributed by atoms with E-state index < -0.39 is 18.1 Å². The van der Waals surface area contributed by atoms with Gasteiger partial charge in [0.25, 0.3) is 5.91 Å². The zero-order valence-corrected chi connectivity index (χ0v) is 13.9. The van der Waals surface area contributed by atoms with Gasteiger partial charge in [0.05, 0.1) is 16.6 Å². The van der Waals surface area contributed by atoms with Gasteiger partial charge in [-0.15, -0.1) is 11.3 Å². The van der Waals surface area contributed by atoms with Crippen molar-refractivity contribution >= 4 is 17.2 Å². The number of aromatic amines is 1. The van der Waals surface area contributed by atoms with Crippen LogP contribution in [0.15, 0.2) is 17.6 Å². The third-order valence-electron chi connectivity index (χ3n) is 4.31. The number of carbonyl (C=O) groups is 1. The molecule has 2 atom stereocenters. The number of nitrogens with one attached hydrogen (secondary N) is 2. The van der Waals surface area contributed by atoms with Crippen molar-refractivity contribution in [3.63, 3.8) is 0 Å². The monoisotopic (exact) mass is 357 g/mol. The van der Waals surface area contributed by atoms with Gasteiger partial charge in [-0.25, -0.2) is 4.98 Å². The molecule has 0 spiro atoms. The van der Waals surface area contributed by atoms with E-state index in [0.717, 1.165) is 16.3 Å². The fraction of sp³-hybridized carbons (Fsp3) is 0.500. The lowest BCUT2D eigenvalue weighted by Crippen LogP contribution is -2.41. The second kappa shape index (κ2) is 6.58. The highest BCUT2D eigenvalue weighted by Crippen LogP contribution is 2.37. The molecule has 2 heterocycles. The SMILES string of the molecule is Cc1nc(-c2c[nH]c(C(=O)NC3CCCC(C(F)(F)F)C3)c2)cs1. The third-order valence-corrected chi connectivity index (χ3v) is 5.09. The van der Waals surface area contributed by atoms with E-state index in [1.165, 1.54) is 11.3 Å². The second-order valence-corrected chi connectivity index (χ2v) is 7.19. The Balaban J connectivity index is 1.64. The number of aromatic nitrogens is 2. The number of halogens is 3. The Morgan fingerprint density at radius 3 is 2.88 bits per heavy atom. The largest absolute Gasteiger partial charge is 0.391 e. The van der Waals surface area contributed by atoms with Crippen LogP contribution in [0.25, 0.3) is 11.3 Å². The molecule has 1 saturated carbocycles. The zero-order chi connectivity index (χ0) is 17.3. The minimum absolute atomic E-state index is 0.0475. The maximum Gasteiger partial charge on any atom is 0.391 e. The molecular formula is C16H18F3N3OS. The van der Waals surface area contributed by atoms with Crippen LogP contribution >= 0.6 is 11.3 Å². The number of H-pyrrole nitrogens is 1. The predicted octanol–water partition coefficient (Wildman–Crippen LogP) is 4.30. The molecule has 1 aliphatic carbocycles. The second-order valence-electron chi connectivity index (χ2n) is 6.13. The number of hydrogen-bond donors (Lipinski definition) is 2. The van der Waals surface area contributed by atoms with E-state index >= 15 is 0 Å². The van der Waals surface area contributed by atoms with E-state index in [4.69, 9.17) is 0 Å². The van der Waals surface area contributed by atoms with Crippen LogP contribution in [0.1, 0.15) is 41.2 Å². The summed E-state index contributed by atoms with van der Waals surface area (Å²) in [4.78, 5) is 19.5. The van der Waals surface area contributed by atoms with Crippen molar-refractivity contribution in [2.75, 3.05) is 0 Å². The molecule has 0 saturated heterocycles. The van der Waals surface area contributed by atoms with E-state index in [0.29, 0.717) is 18.5 Å². The van der Waals surface area contributed by atoms with Gasteiger partial charge >= 0.3 is 6.18 Å². The molecule has 2 unspecified atom stereocenters. The molecule has 0 aliphatic heterocycles. The Bertz CT molecular complexity index is 722. The Morgan fingerprint density at radius 1 is 1.42 bits per heavy atom. The van der Waals surface area contributed by atoms with Gasteiger partial charge in [0.2, 0.25) is 0 Å². The van der Waals surface area contributed by atoms with Gasteiger partial charge < -0.3 is 10.3 Å². The summed E-state index contributed by atoms with van der Waals surface area (Å²) in [5.74, 6) is -1.70. The average Bonchev–Trinajstić information content (AvgIpc) is 3.15. The molecule has 130 valence electrons. The molecule has 8 heteroatoms. The number of alkyl halides is 3. The quantitative estimate of drug-likeness (QED) is 0.861. The number of nitrogens with zero attached hydrogens (tertiary/aromatic N) is 1. The molecule has 2 aromatic heterocycles. The van der Waals surface area contributed by atoms with E-state index in [1.54, 1.807) is 12.3 Å². The first-order chi connectivity index (χ1) is 11.3. The number of hydrogen-bond acceptors (Lipinski definition) is 3. The van der Waals surface area contributed by atoms with Crippen molar-refractivity contribution < 1.29 is 18.0 Å². The highest BCUT2D eigenvalue weighted by Gasteiger charge is 2.42. The number of carbonyl (C=O) groups excluding carboxylic acids is 1. The maximum atomic E-state index is 12.8. The smallest absolute Gasteiger partial charge is 0.357 e. The molecule has 0 aromatic carbocycles. The van der Waals surface area contributed by atoms with Gasteiger partial charge in [-0.2, -0.15) is 13.2 Å². The van der Waals surface area contributed by atoms with E-state index in [1.807, 2.05) is 12.3 Å². The molecule has 1 fully saturated rings.